The molecule has 12 heteroatoms. The third-order valence-electron chi connectivity index (χ3n) is 4.81. The first kappa shape index (κ1) is 22.9. The van der Waals surface area contributed by atoms with Gasteiger partial charge in [-0.05, 0) is 56.3 Å². The van der Waals surface area contributed by atoms with Gasteiger partial charge in [0.2, 0.25) is 5.95 Å². The number of aryl methyl sites for hydroxylation is 1. The highest BCUT2D eigenvalue weighted by Crippen LogP contribution is 2.21. The lowest BCUT2D eigenvalue weighted by atomic mass is 10.1. The fourth-order valence-electron chi connectivity index (χ4n) is 3.00. The maximum atomic E-state index is 12.7. The molecule has 1 aliphatic heterocycles. The molecular weight excluding hydrogens is 458 g/mol. The lowest BCUT2D eigenvalue weighted by Gasteiger charge is -2.10. The van der Waals surface area contributed by atoms with Crippen LogP contribution in [0.15, 0.2) is 87.2 Å². The second-order valence-electron chi connectivity index (χ2n) is 7.35. The number of nitrogens with zero attached hydrogens (tertiary/aromatic N) is 6. The number of imide groups is 1. The molecule has 0 bridgehead atoms. The number of amides is 2. The molecule has 2 heterocycles. The van der Waals surface area contributed by atoms with Gasteiger partial charge in [-0.25, -0.2) is 23.1 Å². The minimum Gasteiger partial charge on any atom is -0.269 e. The first-order valence-electron chi connectivity index (χ1n) is 10.1. The van der Waals surface area contributed by atoms with E-state index in [-0.39, 0.29) is 10.8 Å². The van der Waals surface area contributed by atoms with Crippen LogP contribution >= 0.6 is 0 Å². The Morgan fingerprint density at radius 2 is 1.65 bits per heavy atom. The number of hydrogen-bond donors (Lipinski definition) is 1. The van der Waals surface area contributed by atoms with Crippen LogP contribution in [0.5, 0.6) is 0 Å². The van der Waals surface area contributed by atoms with Crippen molar-refractivity contribution < 1.29 is 18.0 Å². The Balaban J connectivity index is 1.45. The van der Waals surface area contributed by atoms with Crippen LogP contribution in [0.3, 0.4) is 0 Å². The van der Waals surface area contributed by atoms with E-state index in [0.29, 0.717) is 17.0 Å². The van der Waals surface area contributed by atoms with Crippen molar-refractivity contribution in [3.8, 4) is 0 Å². The average Bonchev–Trinajstić information content (AvgIpc) is 3.11. The number of hydrogen-bond acceptors (Lipinski definition) is 9. The number of hydrazone groups is 1. The average molecular weight is 478 g/mol. The topological polar surface area (TPSA) is 146 Å². The van der Waals surface area contributed by atoms with Crippen molar-refractivity contribution in [1.29, 1.82) is 0 Å². The highest BCUT2D eigenvalue weighted by molar-refractivity contribution is 7.92. The quantitative estimate of drug-likeness (QED) is 0.426. The first-order valence-corrected chi connectivity index (χ1v) is 11.5. The summed E-state index contributed by atoms with van der Waals surface area (Å²) in [4.78, 5) is 33.0. The molecule has 0 saturated heterocycles. The molecule has 2 aromatic carbocycles. The van der Waals surface area contributed by atoms with Crippen LogP contribution in [0.4, 0.5) is 11.6 Å². The standard InChI is InChI=1S/C22H19N7O4S/c1-14-4-6-16(7-5-14)20(30)29-21(31)19(15(2)27-29)26-25-17-8-10-18(11-9-17)34(32,33)28-22-23-12-3-13-24-22/h3-13,19H,1-2H3,(H,23,24,28)/b26-25+. The molecule has 0 saturated carbocycles. The molecule has 0 radical (unpaired) electrons. The zero-order valence-electron chi connectivity index (χ0n) is 18.2. The second kappa shape index (κ2) is 9.27. The molecule has 1 aliphatic rings. The Hall–Kier alpha value is -4.32. The third-order valence-corrected chi connectivity index (χ3v) is 6.16. The molecule has 1 aromatic heterocycles. The molecule has 1 atom stereocenters. The Kier molecular flexibility index (Phi) is 6.23. The van der Waals surface area contributed by atoms with Crippen molar-refractivity contribution in [3.05, 3.63) is 78.1 Å². The van der Waals surface area contributed by atoms with Gasteiger partial charge >= 0.3 is 0 Å². The van der Waals surface area contributed by atoms with Crippen LogP contribution < -0.4 is 4.72 Å². The van der Waals surface area contributed by atoms with Crippen molar-refractivity contribution in [2.45, 2.75) is 24.8 Å². The molecule has 34 heavy (non-hydrogen) atoms. The van der Waals surface area contributed by atoms with Crippen LogP contribution in [0.1, 0.15) is 22.8 Å². The Bertz CT molecular complexity index is 1390. The fourth-order valence-corrected chi connectivity index (χ4v) is 3.96. The number of benzene rings is 2. The maximum Gasteiger partial charge on any atom is 0.282 e. The van der Waals surface area contributed by atoms with E-state index in [1.807, 2.05) is 6.92 Å². The first-order chi connectivity index (χ1) is 16.2. The van der Waals surface area contributed by atoms with Gasteiger partial charge in [0.05, 0.1) is 16.3 Å². The molecule has 1 unspecified atom stereocenters. The van der Waals surface area contributed by atoms with Crippen LogP contribution in [-0.2, 0) is 14.8 Å². The third kappa shape index (κ3) is 4.86. The Morgan fingerprint density at radius 3 is 2.29 bits per heavy atom. The van der Waals surface area contributed by atoms with Crippen molar-refractivity contribution in [2.24, 2.45) is 15.3 Å². The molecule has 172 valence electrons. The largest absolute Gasteiger partial charge is 0.282 e. The summed E-state index contributed by atoms with van der Waals surface area (Å²) >= 11 is 0. The van der Waals surface area contributed by atoms with E-state index in [1.165, 1.54) is 36.7 Å². The number of azo groups is 1. The molecular formula is C22H19N7O4S. The van der Waals surface area contributed by atoms with Gasteiger partial charge in [-0.2, -0.15) is 20.3 Å². The van der Waals surface area contributed by atoms with Crippen molar-refractivity contribution in [3.63, 3.8) is 0 Å². The fraction of sp³-hybridized carbons (Fsp3) is 0.136. The molecule has 0 spiro atoms. The summed E-state index contributed by atoms with van der Waals surface area (Å²) in [6, 6.07) is 12.9. The number of aromatic nitrogens is 2. The zero-order valence-corrected chi connectivity index (χ0v) is 19.0. The van der Waals surface area contributed by atoms with Gasteiger partial charge in [-0.1, -0.05) is 17.7 Å². The van der Waals surface area contributed by atoms with Crippen LogP contribution in [0.25, 0.3) is 0 Å². The summed E-state index contributed by atoms with van der Waals surface area (Å²) in [6.45, 7) is 3.47. The zero-order chi connectivity index (χ0) is 24.3. The number of anilines is 1. The van der Waals surface area contributed by atoms with E-state index in [9.17, 15) is 18.0 Å². The number of carbonyl (C=O) groups is 2. The summed E-state index contributed by atoms with van der Waals surface area (Å²) in [5.74, 6) is -1.21. The smallest absolute Gasteiger partial charge is 0.269 e. The summed E-state index contributed by atoms with van der Waals surface area (Å²) in [7, 11) is -3.89. The summed E-state index contributed by atoms with van der Waals surface area (Å²) < 4.78 is 27.2. The van der Waals surface area contributed by atoms with Gasteiger partial charge in [-0.15, -0.1) is 0 Å². The normalized spacial score (nSPS) is 16.1. The van der Waals surface area contributed by atoms with Crippen LogP contribution in [0, 0.1) is 6.92 Å². The Morgan fingerprint density at radius 1 is 1.00 bits per heavy atom. The number of carbonyl (C=O) groups excluding carboxylic acids is 2. The van der Waals surface area contributed by atoms with Crippen molar-refractivity contribution >= 4 is 39.2 Å². The van der Waals surface area contributed by atoms with Gasteiger partial charge in [0, 0.05) is 18.0 Å². The highest BCUT2D eigenvalue weighted by Gasteiger charge is 2.38. The summed E-state index contributed by atoms with van der Waals surface area (Å²) in [5.41, 5.74) is 1.96. The van der Waals surface area contributed by atoms with Gasteiger partial charge in [0.15, 0.2) is 6.04 Å². The lowest BCUT2D eigenvalue weighted by molar-refractivity contribution is -0.127. The summed E-state index contributed by atoms with van der Waals surface area (Å²) in [5, 5.41) is 12.9. The SMILES string of the molecule is CC1=NN(C(=O)c2ccc(C)cc2)C(=O)C1/N=N/c1ccc(S(=O)(=O)Nc2ncccn2)cc1. The predicted molar refractivity (Wildman–Crippen MR) is 123 cm³/mol. The monoisotopic (exact) mass is 477 g/mol. The van der Waals surface area contributed by atoms with Gasteiger partial charge in [0.25, 0.3) is 21.8 Å². The second-order valence-corrected chi connectivity index (χ2v) is 9.03. The predicted octanol–water partition coefficient (Wildman–Crippen LogP) is 3.10. The number of sulfonamides is 1. The molecule has 3 aromatic rings. The van der Waals surface area contributed by atoms with E-state index in [2.05, 4.69) is 30.0 Å². The van der Waals surface area contributed by atoms with Crippen LogP contribution in [0.2, 0.25) is 0 Å². The molecule has 0 aliphatic carbocycles. The maximum absolute atomic E-state index is 12.7. The van der Waals surface area contributed by atoms with Crippen LogP contribution in [-0.4, -0.2) is 47.0 Å². The lowest BCUT2D eigenvalue weighted by Crippen LogP contribution is -2.34. The molecule has 0 fully saturated rings. The minimum absolute atomic E-state index is 0.0246. The summed E-state index contributed by atoms with van der Waals surface area (Å²) in [6.07, 6.45) is 2.83. The number of nitrogens with one attached hydrogen (secondary N) is 1. The van der Waals surface area contributed by atoms with E-state index < -0.39 is 27.9 Å². The van der Waals surface area contributed by atoms with Crippen molar-refractivity contribution in [1.82, 2.24) is 15.0 Å². The molecule has 11 nitrogen and oxygen atoms in total. The van der Waals surface area contributed by atoms with E-state index >= 15 is 0 Å². The van der Waals surface area contributed by atoms with Gasteiger partial charge in [-0.3, -0.25) is 9.59 Å². The molecule has 4 rings (SSSR count). The molecule has 2 amide bonds. The highest BCUT2D eigenvalue weighted by atomic mass is 32.2. The van der Waals surface area contributed by atoms with Crippen molar-refractivity contribution in [2.75, 3.05) is 4.72 Å². The Labute approximate surface area is 195 Å². The minimum atomic E-state index is -3.89. The van der Waals surface area contributed by atoms with E-state index in [0.717, 1.165) is 10.6 Å². The molecule has 1 N–H and O–H groups in total. The van der Waals surface area contributed by atoms with E-state index in [1.54, 1.807) is 37.3 Å². The van der Waals surface area contributed by atoms with Gasteiger partial charge in [0.1, 0.15) is 0 Å². The number of rotatable bonds is 6. The van der Waals surface area contributed by atoms with Gasteiger partial charge < -0.3 is 0 Å². The van der Waals surface area contributed by atoms with E-state index in [4.69, 9.17) is 0 Å².